The number of amides is 2. The van der Waals surface area contributed by atoms with Gasteiger partial charge in [-0.15, -0.1) is 0 Å². The number of ketones is 2. The molecule has 0 saturated heterocycles. The summed E-state index contributed by atoms with van der Waals surface area (Å²) in [6.07, 6.45) is 0. The molecule has 2 aliphatic heterocycles. The lowest BCUT2D eigenvalue weighted by Gasteiger charge is -2.18. The minimum absolute atomic E-state index is 0.111. The van der Waals surface area contributed by atoms with E-state index >= 15 is 0 Å². The second-order valence-electron chi connectivity index (χ2n) is 10.9. The van der Waals surface area contributed by atoms with Crippen molar-refractivity contribution in [2.45, 2.75) is 20.8 Å². The second-order valence-corrected chi connectivity index (χ2v) is 12.8. The zero-order valence-electron chi connectivity index (χ0n) is 23.9. The Morgan fingerprint density at radius 3 is 1.33 bits per heavy atom. The number of hydrogen-bond donors (Lipinski definition) is 2. The highest BCUT2D eigenvalue weighted by Crippen LogP contribution is 2.41. The topological polar surface area (TPSA) is 117 Å². The molecular weight excluding hydrogens is 694 g/mol. The Balaban J connectivity index is 1.26. The number of aliphatic imine (C=N–C) groups is 2. The first kappa shape index (κ1) is 30.6. The van der Waals surface area contributed by atoms with Crippen LogP contribution in [0.25, 0.3) is 0 Å². The van der Waals surface area contributed by atoms with E-state index in [0.717, 1.165) is 0 Å². The van der Waals surface area contributed by atoms with Crippen LogP contribution >= 0.6 is 58.0 Å². The summed E-state index contributed by atoms with van der Waals surface area (Å²) in [6.45, 7) is 5.23. The highest BCUT2D eigenvalue weighted by atomic mass is 35.5. The van der Waals surface area contributed by atoms with Crippen molar-refractivity contribution in [1.29, 1.82) is 0 Å². The van der Waals surface area contributed by atoms with Gasteiger partial charge in [-0.3, -0.25) is 19.2 Å². The quantitative estimate of drug-likeness (QED) is 0.179. The van der Waals surface area contributed by atoms with Crippen LogP contribution in [0.15, 0.2) is 46.4 Å². The third-order valence-electron chi connectivity index (χ3n) is 8.31. The van der Waals surface area contributed by atoms with Crippen molar-refractivity contribution in [2.75, 3.05) is 0 Å². The number of nitrogens with zero attached hydrogens (tertiary/aromatic N) is 2. The van der Waals surface area contributed by atoms with Gasteiger partial charge in [-0.2, -0.15) is 0 Å². The Kier molecular flexibility index (Phi) is 7.15. The molecule has 0 aromatic heterocycles. The first-order valence-corrected chi connectivity index (χ1v) is 15.5. The lowest BCUT2D eigenvalue weighted by molar-refractivity contribution is 0.0975. The van der Waals surface area contributed by atoms with Gasteiger partial charge in [0.1, 0.15) is 11.7 Å². The molecule has 0 fully saturated rings. The highest BCUT2D eigenvalue weighted by Gasteiger charge is 2.36. The summed E-state index contributed by atoms with van der Waals surface area (Å²) in [5.74, 6) is -1.43. The third-order valence-corrected chi connectivity index (χ3v) is 10.7. The maximum atomic E-state index is 13.6. The smallest absolute Gasteiger partial charge is 0.259 e. The van der Waals surface area contributed by atoms with Crippen LogP contribution in [0.4, 0.5) is 11.4 Å². The van der Waals surface area contributed by atoms with Gasteiger partial charge in [-0.25, -0.2) is 9.98 Å². The van der Waals surface area contributed by atoms with Gasteiger partial charge in [-0.05, 0) is 73.9 Å². The Morgan fingerprint density at radius 2 is 0.870 bits per heavy atom. The maximum absolute atomic E-state index is 13.6. The zero-order chi connectivity index (χ0) is 32.9. The van der Waals surface area contributed by atoms with E-state index in [1.165, 1.54) is 24.3 Å². The molecule has 7 rings (SSSR count). The number of carbonyl (C=O) groups excluding carboxylic acids is 4. The fraction of sp³-hybridized carbons (Fsp3) is 0.0909. The average molecular weight is 711 g/mol. The first-order chi connectivity index (χ1) is 21.8. The Hall–Kier alpha value is -4.05. The van der Waals surface area contributed by atoms with E-state index in [2.05, 4.69) is 20.6 Å². The van der Waals surface area contributed by atoms with Crippen LogP contribution in [-0.2, 0) is 0 Å². The van der Waals surface area contributed by atoms with Gasteiger partial charge in [0, 0.05) is 22.3 Å². The van der Waals surface area contributed by atoms with Gasteiger partial charge in [0.05, 0.1) is 58.7 Å². The van der Waals surface area contributed by atoms with E-state index in [0.29, 0.717) is 33.0 Å². The summed E-state index contributed by atoms with van der Waals surface area (Å²) in [4.78, 5) is 61.8. The number of fused-ring (bicyclic) bond motifs is 4. The molecule has 0 saturated carbocycles. The van der Waals surface area contributed by atoms with E-state index in [-0.39, 0.29) is 76.4 Å². The maximum Gasteiger partial charge on any atom is 0.259 e. The van der Waals surface area contributed by atoms with Crippen molar-refractivity contribution in [3.05, 3.63) is 123 Å². The van der Waals surface area contributed by atoms with E-state index in [9.17, 15) is 19.2 Å². The first-order valence-electron chi connectivity index (χ1n) is 13.6. The number of rotatable bonds is 2. The number of amidine groups is 2. The summed E-state index contributed by atoms with van der Waals surface area (Å²) < 4.78 is 0. The SMILES string of the molecule is Cc1c(C)c(Cl)c2c(c1Cl)C(=O)NC2=Nc1ccc2c(c1)C(=O)c1ccc(N=C3NC(=O)c4c(Cl)c(C)c(Cl)c(Cl)c43)cc1C2=O. The fourth-order valence-corrected chi connectivity index (χ4v) is 7.21. The molecule has 228 valence electrons. The lowest BCUT2D eigenvalue weighted by Crippen LogP contribution is -2.22. The number of carbonyl (C=O) groups is 4. The van der Waals surface area contributed by atoms with Crippen LogP contribution in [0.1, 0.15) is 80.4 Å². The third kappa shape index (κ3) is 4.36. The summed E-state index contributed by atoms with van der Waals surface area (Å²) in [5.41, 5.74) is 4.12. The van der Waals surface area contributed by atoms with E-state index in [1.807, 2.05) is 0 Å². The van der Waals surface area contributed by atoms with Crippen LogP contribution in [-0.4, -0.2) is 35.1 Å². The molecule has 8 nitrogen and oxygen atoms in total. The number of nitrogens with one attached hydrogen (secondary N) is 2. The molecule has 0 spiro atoms. The molecule has 46 heavy (non-hydrogen) atoms. The summed E-state index contributed by atoms with van der Waals surface area (Å²) in [7, 11) is 0. The van der Waals surface area contributed by atoms with Crippen molar-refractivity contribution in [2.24, 2.45) is 9.98 Å². The predicted octanol–water partition coefficient (Wildman–Crippen LogP) is 8.30. The normalized spacial score (nSPS) is 16.4. The number of benzene rings is 4. The highest BCUT2D eigenvalue weighted by molar-refractivity contribution is 6.49. The van der Waals surface area contributed by atoms with Crippen LogP contribution in [0.5, 0.6) is 0 Å². The lowest BCUT2D eigenvalue weighted by atomic mass is 9.83. The van der Waals surface area contributed by atoms with Crippen LogP contribution in [0, 0.1) is 20.8 Å². The molecule has 3 aliphatic rings. The van der Waals surface area contributed by atoms with Crippen molar-refractivity contribution in [3.63, 3.8) is 0 Å². The van der Waals surface area contributed by atoms with Crippen molar-refractivity contribution < 1.29 is 19.2 Å². The summed E-state index contributed by atoms with van der Waals surface area (Å²) >= 11 is 32.3. The standard InChI is InChI=1S/C33H17Cl5N4O4/c1-10-11(2)24(35)21-19(23(10)34)30(41-32(21)45)39-13-4-6-15-17(8-13)28(43)16-7-5-14(9-18(16)29(15)44)40-31-20-22(33(46)42-31)25(36)12(3)26(37)27(20)38/h4-9H,1-3H3,(H,39,41,45)(H,40,42,46). The fourth-order valence-electron chi connectivity index (χ4n) is 5.73. The van der Waals surface area contributed by atoms with Crippen molar-refractivity contribution >= 4 is 104 Å². The van der Waals surface area contributed by atoms with E-state index in [1.54, 1.807) is 32.9 Å². The molecule has 0 bridgehead atoms. The Labute approximate surface area is 286 Å². The van der Waals surface area contributed by atoms with Crippen molar-refractivity contribution in [1.82, 2.24) is 10.6 Å². The molecule has 2 N–H and O–H groups in total. The number of hydrogen-bond acceptors (Lipinski definition) is 6. The molecule has 4 aromatic rings. The molecule has 13 heteroatoms. The molecular formula is C33H17Cl5N4O4. The summed E-state index contributed by atoms with van der Waals surface area (Å²) in [6, 6.07) is 9.06. The molecule has 2 heterocycles. The Morgan fingerprint density at radius 1 is 0.478 bits per heavy atom. The second kappa shape index (κ2) is 10.8. The predicted molar refractivity (Wildman–Crippen MR) is 179 cm³/mol. The van der Waals surface area contributed by atoms with Crippen LogP contribution in [0.2, 0.25) is 25.1 Å². The van der Waals surface area contributed by atoms with Gasteiger partial charge in [0.2, 0.25) is 0 Å². The Bertz CT molecular complexity index is 2120. The van der Waals surface area contributed by atoms with E-state index < -0.39 is 23.4 Å². The zero-order valence-corrected chi connectivity index (χ0v) is 27.7. The average Bonchev–Trinajstić information content (AvgIpc) is 3.54. The van der Waals surface area contributed by atoms with Gasteiger partial charge in [0.15, 0.2) is 11.6 Å². The largest absolute Gasteiger partial charge is 0.306 e. The van der Waals surface area contributed by atoms with Crippen LogP contribution in [0.3, 0.4) is 0 Å². The molecule has 0 unspecified atom stereocenters. The van der Waals surface area contributed by atoms with Gasteiger partial charge in [-0.1, -0.05) is 58.0 Å². The molecule has 1 aliphatic carbocycles. The molecule has 4 aromatic carbocycles. The molecule has 0 radical (unpaired) electrons. The molecule has 0 atom stereocenters. The van der Waals surface area contributed by atoms with Gasteiger partial charge < -0.3 is 10.6 Å². The van der Waals surface area contributed by atoms with E-state index in [4.69, 9.17) is 58.0 Å². The van der Waals surface area contributed by atoms with Gasteiger partial charge >= 0.3 is 0 Å². The van der Waals surface area contributed by atoms with Crippen LogP contribution < -0.4 is 10.6 Å². The minimum Gasteiger partial charge on any atom is -0.306 e. The van der Waals surface area contributed by atoms with Gasteiger partial charge in [0.25, 0.3) is 11.8 Å². The minimum atomic E-state index is -0.491. The summed E-state index contributed by atoms with van der Waals surface area (Å²) in [5, 5.41) is 6.46. The number of halogens is 5. The molecule has 2 amide bonds. The monoisotopic (exact) mass is 708 g/mol. The van der Waals surface area contributed by atoms with Crippen molar-refractivity contribution in [3.8, 4) is 0 Å².